The summed E-state index contributed by atoms with van der Waals surface area (Å²) in [5, 5.41) is 14.4. The molecule has 0 saturated heterocycles. The number of nitrogens with zero attached hydrogens (tertiary/aromatic N) is 3. The molecule has 0 unspecified atom stereocenters. The van der Waals surface area contributed by atoms with E-state index < -0.39 is 0 Å². The van der Waals surface area contributed by atoms with Gasteiger partial charge in [0.25, 0.3) is 0 Å². The second kappa shape index (κ2) is 6.88. The number of carbonyl (C=O) groups is 1. The zero-order valence-electron chi connectivity index (χ0n) is 14.1. The van der Waals surface area contributed by atoms with Gasteiger partial charge < -0.3 is 9.88 Å². The highest BCUT2D eigenvalue weighted by molar-refractivity contribution is 7.99. The summed E-state index contributed by atoms with van der Waals surface area (Å²) in [6.07, 6.45) is 4.11. The molecule has 1 N–H and O–H groups in total. The van der Waals surface area contributed by atoms with Gasteiger partial charge in [0.05, 0.1) is 11.8 Å². The molecule has 5 nitrogen and oxygen atoms in total. The molecule has 1 heterocycles. The molecule has 4 rings (SSSR count). The van der Waals surface area contributed by atoms with Crippen LogP contribution in [-0.2, 0) is 4.79 Å². The minimum absolute atomic E-state index is 0.00998. The van der Waals surface area contributed by atoms with E-state index in [1.165, 1.54) is 35.4 Å². The van der Waals surface area contributed by atoms with E-state index in [1.807, 2.05) is 25.1 Å². The van der Waals surface area contributed by atoms with Crippen molar-refractivity contribution >= 4 is 28.4 Å². The Bertz CT molecular complexity index is 898. The SMILES string of the molecule is C[C@H](NC(=O)CSc1nncn1C1CC1)c1cccc2ccccc12. The van der Waals surface area contributed by atoms with Crippen molar-refractivity contribution in [3.8, 4) is 0 Å². The summed E-state index contributed by atoms with van der Waals surface area (Å²) in [4.78, 5) is 12.4. The number of hydrogen-bond donors (Lipinski definition) is 1. The van der Waals surface area contributed by atoms with E-state index in [0.717, 1.165) is 10.7 Å². The third-order valence-corrected chi connectivity index (χ3v) is 5.44. The topological polar surface area (TPSA) is 59.8 Å². The highest BCUT2D eigenvalue weighted by atomic mass is 32.2. The van der Waals surface area contributed by atoms with Crippen LogP contribution in [0.5, 0.6) is 0 Å². The van der Waals surface area contributed by atoms with Gasteiger partial charge in [0.1, 0.15) is 6.33 Å². The first-order valence-electron chi connectivity index (χ1n) is 8.51. The van der Waals surface area contributed by atoms with E-state index >= 15 is 0 Å². The Labute approximate surface area is 150 Å². The van der Waals surface area contributed by atoms with Crippen molar-refractivity contribution in [2.75, 3.05) is 5.75 Å². The molecule has 0 spiro atoms. The Hall–Kier alpha value is -2.34. The van der Waals surface area contributed by atoms with Gasteiger partial charge in [0.2, 0.25) is 5.91 Å². The van der Waals surface area contributed by atoms with Crippen molar-refractivity contribution < 1.29 is 4.79 Å². The second-order valence-corrected chi connectivity index (χ2v) is 7.34. The summed E-state index contributed by atoms with van der Waals surface area (Å²) in [5.41, 5.74) is 1.14. The molecule has 0 radical (unpaired) electrons. The molecule has 1 fully saturated rings. The first-order valence-corrected chi connectivity index (χ1v) is 9.50. The lowest BCUT2D eigenvalue weighted by atomic mass is 10.00. The highest BCUT2D eigenvalue weighted by Gasteiger charge is 2.26. The van der Waals surface area contributed by atoms with Gasteiger partial charge in [-0.3, -0.25) is 4.79 Å². The van der Waals surface area contributed by atoms with E-state index in [9.17, 15) is 4.79 Å². The van der Waals surface area contributed by atoms with Crippen LogP contribution in [0, 0.1) is 0 Å². The van der Waals surface area contributed by atoms with Crippen molar-refractivity contribution in [2.24, 2.45) is 0 Å². The van der Waals surface area contributed by atoms with Crippen LogP contribution in [0.4, 0.5) is 0 Å². The maximum atomic E-state index is 12.4. The van der Waals surface area contributed by atoms with Crippen LogP contribution in [0.3, 0.4) is 0 Å². The Morgan fingerprint density at radius 3 is 2.92 bits per heavy atom. The van der Waals surface area contributed by atoms with Crippen LogP contribution in [0.1, 0.15) is 37.4 Å². The van der Waals surface area contributed by atoms with Crippen LogP contribution in [0.25, 0.3) is 10.8 Å². The quantitative estimate of drug-likeness (QED) is 0.687. The molecule has 128 valence electrons. The number of carbonyl (C=O) groups excluding carboxylic acids is 1. The fraction of sp³-hybridized carbons (Fsp3) is 0.316. The molecule has 2 aromatic carbocycles. The number of benzene rings is 2. The fourth-order valence-corrected chi connectivity index (χ4v) is 3.85. The second-order valence-electron chi connectivity index (χ2n) is 6.40. The van der Waals surface area contributed by atoms with Crippen LogP contribution in [0.15, 0.2) is 53.9 Å². The van der Waals surface area contributed by atoms with Gasteiger partial charge in [-0.15, -0.1) is 10.2 Å². The number of amides is 1. The van der Waals surface area contributed by atoms with Crippen molar-refractivity contribution in [1.29, 1.82) is 0 Å². The highest BCUT2D eigenvalue weighted by Crippen LogP contribution is 2.37. The van der Waals surface area contributed by atoms with E-state index in [0.29, 0.717) is 11.8 Å². The maximum Gasteiger partial charge on any atom is 0.230 e. The van der Waals surface area contributed by atoms with Crippen molar-refractivity contribution in [3.05, 3.63) is 54.4 Å². The number of aromatic nitrogens is 3. The maximum absolute atomic E-state index is 12.4. The Morgan fingerprint density at radius 2 is 2.08 bits per heavy atom. The van der Waals surface area contributed by atoms with Crippen molar-refractivity contribution in [1.82, 2.24) is 20.1 Å². The standard InChI is InChI=1S/C19H20N4OS/c1-13(16-8-4-6-14-5-2-3-7-17(14)16)21-18(24)11-25-19-22-20-12-23(19)15-9-10-15/h2-8,12-13,15H,9-11H2,1H3,(H,21,24)/t13-/m0/s1. The van der Waals surface area contributed by atoms with Crippen LogP contribution < -0.4 is 5.32 Å². The number of thioether (sulfide) groups is 1. The van der Waals surface area contributed by atoms with Gasteiger partial charge in [-0.2, -0.15) is 0 Å². The molecular formula is C19H20N4OS. The summed E-state index contributed by atoms with van der Waals surface area (Å²) in [6.45, 7) is 2.02. The van der Waals surface area contributed by atoms with Gasteiger partial charge in [0, 0.05) is 6.04 Å². The lowest BCUT2D eigenvalue weighted by molar-refractivity contribution is -0.119. The van der Waals surface area contributed by atoms with Crippen molar-refractivity contribution in [3.63, 3.8) is 0 Å². The fourth-order valence-electron chi connectivity index (χ4n) is 3.06. The predicted molar refractivity (Wildman–Crippen MR) is 99.5 cm³/mol. The summed E-state index contributed by atoms with van der Waals surface area (Å²) in [6, 6.07) is 14.9. The number of hydrogen-bond acceptors (Lipinski definition) is 4. The van der Waals surface area contributed by atoms with Gasteiger partial charge in [-0.25, -0.2) is 0 Å². The number of nitrogens with one attached hydrogen (secondary N) is 1. The lowest BCUT2D eigenvalue weighted by Crippen LogP contribution is -2.28. The van der Waals surface area contributed by atoms with Gasteiger partial charge >= 0.3 is 0 Å². The molecule has 3 aromatic rings. The summed E-state index contributed by atoms with van der Waals surface area (Å²) >= 11 is 1.45. The number of rotatable bonds is 6. The molecule has 1 amide bonds. The van der Waals surface area contributed by atoms with Gasteiger partial charge in [-0.05, 0) is 36.1 Å². The Kier molecular flexibility index (Phi) is 4.44. The van der Waals surface area contributed by atoms with Gasteiger partial charge in [-0.1, -0.05) is 54.2 Å². The predicted octanol–water partition coefficient (Wildman–Crippen LogP) is 3.74. The molecule has 1 atom stereocenters. The third kappa shape index (κ3) is 3.54. The average Bonchev–Trinajstić information content (AvgIpc) is 3.37. The molecule has 1 aliphatic rings. The first kappa shape index (κ1) is 16.1. The van der Waals surface area contributed by atoms with E-state index in [2.05, 4.69) is 44.3 Å². The largest absolute Gasteiger partial charge is 0.349 e. The lowest BCUT2D eigenvalue weighted by Gasteiger charge is -2.16. The van der Waals surface area contributed by atoms with E-state index in [4.69, 9.17) is 0 Å². The summed E-state index contributed by atoms with van der Waals surface area (Å²) < 4.78 is 2.08. The smallest absolute Gasteiger partial charge is 0.230 e. The molecular weight excluding hydrogens is 332 g/mol. The molecule has 1 saturated carbocycles. The molecule has 6 heteroatoms. The molecule has 1 aliphatic carbocycles. The van der Waals surface area contributed by atoms with Crippen molar-refractivity contribution in [2.45, 2.75) is 37.0 Å². The molecule has 0 aliphatic heterocycles. The normalized spacial score (nSPS) is 15.2. The average molecular weight is 352 g/mol. The van der Waals surface area contributed by atoms with Crippen LogP contribution in [-0.4, -0.2) is 26.4 Å². The van der Waals surface area contributed by atoms with E-state index in [-0.39, 0.29) is 11.9 Å². The molecule has 25 heavy (non-hydrogen) atoms. The summed E-state index contributed by atoms with van der Waals surface area (Å²) in [5.74, 6) is 0.358. The minimum atomic E-state index is -0.0412. The number of fused-ring (bicyclic) bond motifs is 1. The van der Waals surface area contributed by atoms with Gasteiger partial charge in [0.15, 0.2) is 5.16 Å². The van der Waals surface area contributed by atoms with Crippen LogP contribution in [0.2, 0.25) is 0 Å². The summed E-state index contributed by atoms with van der Waals surface area (Å²) in [7, 11) is 0. The Morgan fingerprint density at radius 1 is 1.28 bits per heavy atom. The zero-order chi connectivity index (χ0) is 17.2. The first-order chi connectivity index (χ1) is 12.2. The Balaban J connectivity index is 1.40. The van der Waals surface area contributed by atoms with Crippen LogP contribution >= 0.6 is 11.8 Å². The van der Waals surface area contributed by atoms with E-state index in [1.54, 1.807) is 6.33 Å². The zero-order valence-corrected chi connectivity index (χ0v) is 14.9. The third-order valence-electron chi connectivity index (χ3n) is 4.48. The minimum Gasteiger partial charge on any atom is -0.349 e. The monoisotopic (exact) mass is 352 g/mol. The molecule has 0 bridgehead atoms. The molecule has 1 aromatic heterocycles.